The van der Waals surface area contributed by atoms with Crippen molar-refractivity contribution < 1.29 is 9.59 Å². The Labute approximate surface area is 81.9 Å². The molecule has 1 amide bonds. The molecule has 0 unspecified atom stereocenters. The van der Waals surface area contributed by atoms with E-state index >= 15 is 0 Å². The number of hydrogen-bond donors (Lipinski definition) is 0. The topological polar surface area (TPSA) is 37.4 Å². The second-order valence-electron chi connectivity index (χ2n) is 3.68. The Bertz CT molecular complexity index is 254. The number of thioether (sulfide) groups is 1. The van der Waals surface area contributed by atoms with Gasteiger partial charge in [-0.3, -0.25) is 9.59 Å². The van der Waals surface area contributed by atoms with Crippen LogP contribution < -0.4 is 0 Å². The predicted octanol–water partition coefficient (Wildman–Crippen LogP) is 0.887. The summed E-state index contributed by atoms with van der Waals surface area (Å²) in [7, 11) is 0. The average molecular weight is 199 g/mol. The molecule has 2 aliphatic rings. The normalized spacial score (nSPS) is 34.7. The van der Waals surface area contributed by atoms with Crippen LogP contribution in [0.5, 0.6) is 0 Å². The van der Waals surface area contributed by atoms with Crippen molar-refractivity contribution in [1.29, 1.82) is 0 Å². The molecule has 72 valence electrons. The molecular weight excluding hydrogens is 186 g/mol. The summed E-state index contributed by atoms with van der Waals surface area (Å²) < 4.78 is 0. The minimum absolute atomic E-state index is 0.0394. The first-order valence-electron chi connectivity index (χ1n) is 4.67. The van der Waals surface area contributed by atoms with Gasteiger partial charge in [-0.1, -0.05) is 11.8 Å². The van der Waals surface area contributed by atoms with Crippen LogP contribution in [0.1, 0.15) is 19.8 Å². The van der Waals surface area contributed by atoms with Gasteiger partial charge >= 0.3 is 0 Å². The Morgan fingerprint density at radius 2 is 2.23 bits per heavy atom. The third kappa shape index (κ3) is 1.47. The van der Waals surface area contributed by atoms with Gasteiger partial charge in [0.05, 0.1) is 0 Å². The minimum Gasteiger partial charge on any atom is -0.338 e. The highest BCUT2D eigenvalue weighted by molar-refractivity contribution is 8.13. The number of nitrogens with zero attached hydrogens (tertiary/aromatic N) is 1. The highest BCUT2D eigenvalue weighted by Gasteiger charge is 2.37. The number of fused-ring (bicyclic) bond motifs is 1. The average Bonchev–Trinajstić information content (AvgIpc) is 2.56. The Morgan fingerprint density at radius 1 is 1.46 bits per heavy atom. The van der Waals surface area contributed by atoms with Crippen LogP contribution >= 0.6 is 11.8 Å². The molecule has 2 saturated heterocycles. The molecule has 2 fully saturated rings. The van der Waals surface area contributed by atoms with Gasteiger partial charge in [0.25, 0.3) is 0 Å². The zero-order chi connectivity index (χ0) is 9.42. The summed E-state index contributed by atoms with van der Waals surface area (Å²) in [5.74, 6) is 0.417. The lowest BCUT2D eigenvalue weighted by atomic mass is 10.1. The molecule has 0 bridgehead atoms. The fourth-order valence-electron chi connectivity index (χ4n) is 1.95. The number of rotatable bonds is 0. The van der Waals surface area contributed by atoms with Gasteiger partial charge in [0.2, 0.25) is 11.0 Å². The zero-order valence-electron chi connectivity index (χ0n) is 7.66. The third-order valence-electron chi connectivity index (χ3n) is 2.80. The Morgan fingerprint density at radius 3 is 3.00 bits per heavy atom. The van der Waals surface area contributed by atoms with E-state index in [1.165, 1.54) is 11.8 Å². The van der Waals surface area contributed by atoms with Crippen molar-refractivity contribution in [2.24, 2.45) is 5.92 Å². The lowest BCUT2D eigenvalue weighted by Crippen LogP contribution is -2.38. The molecule has 13 heavy (non-hydrogen) atoms. The van der Waals surface area contributed by atoms with Crippen LogP contribution in [0.3, 0.4) is 0 Å². The maximum absolute atomic E-state index is 11.7. The van der Waals surface area contributed by atoms with E-state index in [1.807, 2.05) is 4.90 Å². The Hall–Kier alpha value is -0.510. The predicted molar refractivity (Wildman–Crippen MR) is 51.4 cm³/mol. The molecule has 2 rings (SSSR count). The maximum atomic E-state index is 11.7. The highest BCUT2D eigenvalue weighted by Crippen LogP contribution is 2.29. The lowest BCUT2D eigenvalue weighted by Gasteiger charge is -2.22. The van der Waals surface area contributed by atoms with Gasteiger partial charge in [-0.25, -0.2) is 0 Å². The van der Waals surface area contributed by atoms with E-state index in [2.05, 4.69) is 0 Å². The molecule has 4 heteroatoms. The van der Waals surface area contributed by atoms with Gasteiger partial charge in [0, 0.05) is 18.3 Å². The fraction of sp³-hybridized carbons (Fsp3) is 0.778. The van der Waals surface area contributed by atoms with Crippen molar-refractivity contribution in [1.82, 2.24) is 4.90 Å². The van der Waals surface area contributed by atoms with Crippen LogP contribution in [-0.2, 0) is 9.59 Å². The summed E-state index contributed by atoms with van der Waals surface area (Å²) in [5, 5.41) is 0.0411. The van der Waals surface area contributed by atoms with Gasteiger partial charge < -0.3 is 4.90 Å². The fourth-order valence-corrected chi connectivity index (χ4v) is 3.01. The van der Waals surface area contributed by atoms with Crippen molar-refractivity contribution in [2.75, 3.05) is 12.3 Å². The lowest BCUT2D eigenvalue weighted by molar-refractivity contribution is -0.137. The van der Waals surface area contributed by atoms with E-state index in [9.17, 15) is 9.59 Å². The van der Waals surface area contributed by atoms with Crippen molar-refractivity contribution in [3.05, 3.63) is 0 Å². The zero-order valence-corrected chi connectivity index (χ0v) is 8.47. The Balaban J connectivity index is 2.21. The summed E-state index contributed by atoms with van der Waals surface area (Å²) in [6, 6.07) is 0.325. The molecule has 3 nitrogen and oxygen atoms in total. The van der Waals surface area contributed by atoms with Gasteiger partial charge in [0.15, 0.2) is 0 Å². The molecule has 0 N–H and O–H groups in total. The van der Waals surface area contributed by atoms with Gasteiger partial charge in [0.1, 0.15) is 5.92 Å². The molecular formula is C9H13NO2S. The van der Waals surface area contributed by atoms with E-state index in [0.29, 0.717) is 6.04 Å². The van der Waals surface area contributed by atoms with Crippen LogP contribution in [0.25, 0.3) is 0 Å². The van der Waals surface area contributed by atoms with E-state index < -0.39 is 5.92 Å². The van der Waals surface area contributed by atoms with Crippen LogP contribution in [0, 0.1) is 5.92 Å². The number of amides is 1. The summed E-state index contributed by atoms with van der Waals surface area (Å²) in [5.41, 5.74) is 0. The SMILES string of the molecule is C[C@H]1C(=O)SC[C@H]2CCCN2C1=O. The molecule has 0 aliphatic carbocycles. The van der Waals surface area contributed by atoms with Crippen LogP contribution in [-0.4, -0.2) is 34.3 Å². The first-order valence-corrected chi connectivity index (χ1v) is 5.66. The number of carbonyl (C=O) groups is 2. The molecule has 0 aromatic rings. The monoisotopic (exact) mass is 199 g/mol. The first kappa shape index (κ1) is 9.06. The van der Waals surface area contributed by atoms with Crippen LogP contribution in [0.4, 0.5) is 0 Å². The molecule has 2 heterocycles. The first-order chi connectivity index (χ1) is 6.20. The largest absolute Gasteiger partial charge is 0.338 e. The molecule has 0 saturated carbocycles. The van der Waals surface area contributed by atoms with Crippen molar-refractivity contribution in [3.8, 4) is 0 Å². The number of hydrogen-bond acceptors (Lipinski definition) is 3. The second kappa shape index (κ2) is 3.33. The molecule has 0 radical (unpaired) electrons. The van der Waals surface area contributed by atoms with Gasteiger partial charge in [-0.15, -0.1) is 0 Å². The standard InChI is InChI=1S/C9H13NO2S/c1-6-8(11)10-4-2-3-7(10)5-13-9(6)12/h6-7H,2-5H2,1H3/t6-,7-/m1/s1. The molecule has 0 aromatic carbocycles. The van der Waals surface area contributed by atoms with Crippen molar-refractivity contribution in [3.63, 3.8) is 0 Å². The minimum atomic E-state index is -0.423. The molecule has 0 spiro atoms. The van der Waals surface area contributed by atoms with Crippen molar-refractivity contribution in [2.45, 2.75) is 25.8 Å². The summed E-state index contributed by atoms with van der Waals surface area (Å²) >= 11 is 1.33. The van der Waals surface area contributed by atoms with E-state index in [0.717, 1.165) is 25.1 Å². The summed E-state index contributed by atoms with van der Waals surface area (Å²) in [4.78, 5) is 25.0. The second-order valence-corrected chi connectivity index (χ2v) is 4.70. The molecule has 0 aromatic heterocycles. The Kier molecular flexibility index (Phi) is 2.32. The van der Waals surface area contributed by atoms with E-state index in [-0.39, 0.29) is 11.0 Å². The summed E-state index contributed by atoms with van der Waals surface area (Å²) in [6.45, 7) is 2.57. The van der Waals surface area contributed by atoms with Crippen molar-refractivity contribution >= 4 is 22.8 Å². The van der Waals surface area contributed by atoms with E-state index in [1.54, 1.807) is 6.92 Å². The quantitative estimate of drug-likeness (QED) is 0.544. The number of carbonyl (C=O) groups excluding carboxylic acids is 2. The molecule has 2 atom stereocenters. The summed E-state index contributed by atoms with van der Waals surface area (Å²) in [6.07, 6.45) is 2.16. The van der Waals surface area contributed by atoms with Gasteiger partial charge in [-0.2, -0.15) is 0 Å². The van der Waals surface area contributed by atoms with Gasteiger partial charge in [-0.05, 0) is 19.8 Å². The van der Waals surface area contributed by atoms with Crippen LogP contribution in [0.15, 0.2) is 0 Å². The third-order valence-corrected chi connectivity index (χ3v) is 3.99. The van der Waals surface area contributed by atoms with Crippen LogP contribution in [0.2, 0.25) is 0 Å². The van der Waals surface area contributed by atoms with E-state index in [4.69, 9.17) is 0 Å². The smallest absolute Gasteiger partial charge is 0.234 e. The highest BCUT2D eigenvalue weighted by atomic mass is 32.2. The molecule has 2 aliphatic heterocycles. The maximum Gasteiger partial charge on any atom is 0.234 e.